The van der Waals surface area contributed by atoms with Gasteiger partial charge in [0.2, 0.25) is 0 Å². The number of nitrogens with zero attached hydrogens (tertiary/aromatic N) is 2. The highest BCUT2D eigenvalue weighted by atomic mass is 19.4. The summed E-state index contributed by atoms with van der Waals surface area (Å²) in [5, 5.41) is 14.9. The van der Waals surface area contributed by atoms with Gasteiger partial charge in [-0.25, -0.2) is 4.79 Å². The molecular formula is C21H16F3N3O5. The predicted molar refractivity (Wildman–Crippen MR) is 110 cm³/mol. The number of furan rings is 1. The predicted octanol–water partition coefficient (Wildman–Crippen LogP) is 5.41. The van der Waals surface area contributed by atoms with Crippen LogP contribution < -0.4 is 5.43 Å². The van der Waals surface area contributed by atoms with E-state index in [1.54, 1.807) is 37.3 Å². The quantitative estimate of drug-likeness (QED) is 0.234. The fraction of sp³-hybridized carbons (Fsp3) is 0.143. The number of carbonyl (C=O) groups excluding carboxylic acids is 1. The van der Waals surface area contributed by atoms with Crippen molar-refractivity contribution in [1.29, 1.82) is 0 Å². The maximum Gasteiger partial charge on any atom is 0.416 e. The van der Waals surface area contributed by atoms with Gasteiger partial charge in [0.05, 0.1) is 29.4 Å². The lowest BCUT2D eigenvalue weighted by molar-refractivity contribution is -0.384. The van der Waals surface area contributed by atoms with Gasteiger partial charge in [-0.05, 0) is 48.9 Å². The highest BCUT2D eigenvalue weighted by Gasteiger charge is 2.33. The number of carbonyl (C=O) groups is 1. The van der Waals surface area contributed by atoms with E-state index in [2.05, 4.69) is 15.3 Å². The molecule has 0 atom stereocenters. The Balaban J connectivity index is 1.77. The lowest BCUT2D eigenvalue weighted by Gasteiger charge is -2.08. The number of hydrogen-bond acceptors (Lipinski definition) is 7. The van der Waals surface area contributed by atoms with Gasteiger partial charge in [-0.2, -0.15) is 18.3 Å². The van der Waals surface area contributed by atoms with Crippen LogP contribution in [0.1, 0.15) is 27.2 Å². The number of anilines is 1. The molecule has 1 N–H and O–H groups in total. The molecule has 0 saturated carbocycles. The zero-order chi connectivity index (χ0) is 23.5. The third-order valence-corrected chi connectivity index (χ3v) is 4.44. The van der Waals surface area contributed by atoms with Crippen molar-refractivity contribution in [2.75, 3.05) is 12.5 Å². The van der Waals surface area contributed by atoms with Crippen LogP contribution in [0.3, 0.4) is 0 Å². The molecule has 0 aliphatic carbocycles. The van der Waals surface area contributed by atoms with Gasteiger partial charge in [-0.1, -0.05) is 6.07 Å². The first kappa shape index (κ1) is 22.5. The van der Waals surface area contributed by atoms with Crippen molar-refractivity contribution in [3.05, 3.63) is 81.1 Å². The van der Waals surface area contributed by atoms with Crippen LogP contribution in [0.25, 0.3) is 11.3 Å². The largest absolute Gasteiger partial charge is 0.465 e. The Kier molecular flexibility index (Phi) is 6.28. The first-order valence-corrected chi connectivity index (χ1v) is 9.04. The number of nitro benzene ring substituents is 1. The molecule has 3 aromatic rings. The third-order valence-electron chi connectivity index (χ3n) is 4.44. The van der Waals surface area contributed by atoms with E-state index < -0.39 is 28.3 Å². The zero-order valence-corrected chi connectivity index (χ0v) is 16.8. The molecule has 0 unspecified atom stereocenters. The minimum absolute atomic E-state index is 0.208. The monoisotopic (exact) mass is 447 g/mol. The number of esters is 1. The Morgan fingerprint density at radius 3 is 2.56 bits per heavy atom. The number of rotatable bonds is 6. The second kappa shape index (κ2) is 8.92. The lowest BCUT2D eigenvalue weighted by atomic mass is 10.0. The molecule has 0 amide bonds. The first-order valence-electron chi connectivity index (χ1n) is 9.04. The second-order valence-electron chi connectivity index (χ2n) is 6.58. The minimum atomic E-state index is -4.70. The van der Waals surface area contributed by atoms with Gasteiger partial charge in [0.15, 0.2) is 0 Å². The van der Waals surface area contributed by atoms with Crippen LogP contribution in [0, 0.1) is 17.0 Å². The van der Waals surface area contributed by atoms with Crippen molar-refractivity contribution in [2.24, 2.45) is 5.10 Å². The van der Waals surface area contributed by atoms with Crippen LogP contribution in [-0.4, -0.2) is 24.2 Å². The van der Waals surface area contributed by atoms with E-state index in [0.717, 1.165) is 23.3 Å². The number of nitro groups is 1. The maximum atomic E-state index is 12.8. The summed E-state index contributed by atoms with van der Waals surface area (Å²) in [7, 11) is 1.29. The molecule has 0 spiro atoms. The first-order chi connectivity index (χ1) is 15.1. The van der Waals surface area contributed by atoms with Gasteiger partial charge in [-0.15, -0.1) is 0 Å². The van der Waals surface area contributed by atoms with E-state index >= 15 is 0 Å². The Hall–Kier alpha value is -4.15. The van der Waals surface area contributed by atoms with Crippen LogP contribution in [-0.2, 0) is 10.9 Å². The Labute approximate surface area is 179 Å². The maximum absolute atomic E-state index is 12.8. The molecule has 3 rings (SSSR count). The fourth-order valence-electron chi connectivity index (χ4n) is 2.87. The summed E-state index contributed by atoms with van der Waals surface area (Å²) in [6.07, 6.45) is -3.48. The molecule has 2 aromatic carbocycles. The average molecular weight is 447 g/mol. The van der Waals surface area contributed by atoms with E-state index in [1.807, 2.05) is 0 Å². The van der Waals surface area contributed by atoms with Crippen molar-refractivity contribution in [3.8, 4) is 11.3 Å². The van der Waals surface area contributed by atoms with Crippen molar-refractivity contribution in [3.63, 3.8) is 0 Å². The van der Waals surface area contributed by atoms with E-state index in [0.29, 0.717) is 23.2 Å². The molecule has 11 heteroatoms. The number of benzene rings is 2. The van der Waals surface area contributed by atoms with Gasteiger partial charge in [-0.3, -0.25) is 15.5 Å². The molecule has 0 fully saturated rings. The SMILES string of the molecule is COC(=O)c1ccc(-c2ccc(/C=N\Nc3ccc(C(F)(F)F)cc3[N+](=O)[O-])o2)c(C)c1. The van der Waals surface area contributed by atoms with Crippen molar-refractivity contribution in [2.45, 2.75) is 13.1 Å². The summed E-state index contributed by atoms with van der Waals surface area (Å²) in [6, 6.07) is 10.3. The highest BCUT2D eigenvalue weighted by Crippen LogP contribution is 2.35. The Morgan fingerprint density at radius 2 is 1.94 bits per heavy atom. The second-order valence-corrected chi connectivity index (χ2v) is 6.58. The number of nitrogens with one attached hydrogen (secondary N) is 1. The number of hydrogen-bond donors (Lipinski definition) is 1. The molecular weight excluding hydrogens is 431 g/mol. The standard InChI is InChI=1S/C21H16F3N3O5/c1-12-9-13(20(28)31-2)3-6-16(12)19-8-5-15(32-19)11-25-26-17-7-4-14(21(22,23)24)10-18(17)27(29)30/h3-11,26H,1-2H3/b25-11-. The topological polar surface area (TPSA) is 107 Å². The van der Waals surface area contributed by atoms with E-state index in [4.69, 9.17) is 4.42 Å². The summed E-state index contributed by atoms with van der Waals surface area (Å²) < 4.78 is 48.7. The van der Waals surface area contributed by atoms with Crippen LogP contribution in [0.2, 0.25) is 0 Å². The minimum Gasteiger partial charge on any atom is -0.465 e. The van der Waals surface area contributed by atoms with Crippen molar-refractivity contribution < 1.29 is 32.0 Å². The number of alkyl halides is 3. The third kappa shape index (κ3) is 4.94. The van der Waals surface area contributed by atoms with Crippen molar-refractivity contribution in [1.82, 2.24) is 0 Å². The summed E-state index contributed by atoms with van der Waals surface area (Å²) in [4.78, 5) is 21.8. The van der Waals surface area contributed by atoms with Crippen LogP contribution in [0.15, 0.2) is 58.0 Å². The van der Waals surface area contributed by atoms with Gasteiger partial charge in [0.1, 0.15) is 17.2 Å². The normalized spacial score (nSPS) is 11.5. The average Bonchev–Trinajstić information content (AvgIpc) is 3.20. The number of aryl methyl sites for hydroxylation is 1. The molecule has 166 valence electrons. The number of ether oxygens (including phenoxy) is 1. The highest BCUT2D eigenvalue weighted by molar-refractivity contribution is 5.90. The fourth-order valence-corrected chi connectivity index (χ4v) is 2.87. The molecule has 1 heterocycles. The smallest absolute Gasteiger partial charge is 0.416 e. The van der Waals surface area contributed by atoms with E-state index in [1.165, 1.54) is 13.3 Å². The van der Waals surface area contributed by atoms with Gasteiger partial charge >= 0.3 is 12.1 Å². The summed E-state index contributed by atoms with van der Waals surface area (Å²) in [5.41, 5.74) is 2.13. The molecule has 8 nitrogen and oxygen atoms in total. The number of halogens is 3. The summed E-state index contributed by atoms with van der Waals surface area (Å²) >= 11 is 0. The van der Waals surface area contributed by atoms with E-state index in [9.17, 15) is 28.1 Å². The van der Waals surface area contributed by atoms with Gasteiger partial charge in [0, 0.05) is 11.6 Å². The molecule has 0 aliphatic rings. The number of hydrazone groups is 1. The lowest BCUT2D eigenvalue weighted by Crippen LogP contribution is -2.06. The van der Waals surface area contributed by atoms with Gasteiger partial charge < -0.3 is 9.15 Å². The molecule has 0 aliphatic heterocycles. The summed E-state index contributed by atoms with van der Waals surface area (Å²) in [5.74, 6) is 0.315. The van der Waals surface area contributed by atoms with E-state index in [-0.39, 0.29) is 5.69 Å². The van der Waals surface area contributed by atoms with Crippen molar-refractivity contribution >= 4 is 23.6 Å². The van der Waals surface area contributed by atoms with Crippen LogP contribution in [0.4, 0.5) is 24.5 Å². The summed E-state index contributed by atoms with van der Waals surface area (Å²) in [6.45, 7) is 1.79. The van der Waals surface area contributed by atoms with Crippen LogP contribution in [0.5, 0.6) is 0 Å². The molecule has 1 aromatic heterocycles. The molecule has 0 saturated heterocycles. The zero-order valence-electron chi connectivity index (χ0n) is 16.8. The Bertz CT molecular complexity index is 1200. The molecule has 32 heavy (non-hydrogen) atoms. The van der Waals surface area contributed by atoms with Crippen LogP contribution >= 0.6 is 0 Å². The molecule has 0 bridgehead atoms. The Morgan fingerprint density at radius 1 is 1.19 bits per heavy atom. The molecule has 0 radical (unpaired) electrons. The number of methoxy groups -OCH3 is 1. The van der Waals surface area contributed by atoms with Gasteiger partial charge in [0.25, 0.3) is 5.69 Å².